The van der Waals surface area contributed by atoms with Crippen LogP contribution in [-0.4, -0.2) is 56.7 Å². The van der Waals surface area contributed by atoms with E-state index in [9.17, 15) is 23.1 Å². The number of amides is 1. The molecule has 3 N–H and O–H groups in total. The van der Waals surface area contributed by atoms with Crippen molar-refractivity contribution in [1.82, 2.24) is 10.6 Å². The van der Waals surface area contributed by atoms with Crippen LogP contribution in [0.5, 0.6) is 5.75 Å². The number of nitrogens with one attached hydrogen (secondary N) is 2. The van der Waals surface area contributed by atoms with Crippen LogP contribution in [0.25, 0.3) is 0 Å². The molecular weight excluding hydrogens is 351 g/mol. The molecule has 1 unspecified atom stereocenters. The highest BCUT2D eigenvalue weighted by Crippen LogP contribution is 2.53. The monoisotopic (exact) mass is 373 g/mol. The highest BCUT2D eigenvalue weighted by atomic mass is 19.4. The molecule has 2 heterocycles. The molecule has 3 rings (SSSR count). The van der Waals surface area contributed by atoms with Gasteiger partial charge < -0.3 is 25.4 Å². The summed E-state index contributed by atoms with van der Waals surface area (Å²) >= 11 is 0. The smallest absolute Gasteiger partial charge is 0.405 e. The molecule has 1 saturated heterocycles. The fraction of sp³-hybridized carbons (Fsp3) is 0.588. The van der Waals surface area contributed by atoms with Gasteiger partial charge in [-0.15, -0.1) is 0 Å². The van der Waals surface area contributed by atoms with Crippen LogP contribution in [0.2, 0.25) is 0 Å². The van der Waals surface area contributed by atoms with Crippen molar-refractivity contribution in [3.63, 3.8) is 0 Å². The van der Waals surface area contributed by atoms with Crippen molar-refractivity contribution < 1.29 is 27.8 Å². The lowest BCUT2D eigenvalue weighted by Crippen LogP contribution is -2.52. The van der Waals surface area contributed by atoms with Gasteiger partial charge in [0.1, 0.15) is 18.5 Å². The van der Waals surface area contributed by atoms with Gasteiger partial charge in [-0.25, -0.2) is 0 Å². The first-order valence-corrected chi connectivity index (χ1v) is 8.45. The van der Waals surface area contributed by atoms with Crippen LogP contribution in [0.3, 0.4) is 0 Å². The van der Waals surface area contributed by atoms with Crippen LogP contribution < -0.4 is 20.3 Å². The Bertz CT molecular complexity index is 675. The van der Waals surface area contributed by atoms with Gasteiger partial charge in [0.15, 0.2) is 0 Å². The maximum Gasteiger partial charge on any atom is 0.405 e. The number of anilines is 1. The molecule has 9 heteroatoms. The zero-order valence-electron chi connectivity index (χ0n) is 14.4. The van der Waals surface area contributed by atoms with Crippen LogP contribution in [0.1, 0.15) is 18.4 Å². The van der Waals surface area contributed by atoms with Crippen LogP contribution in [-0.2, 0) is 10.2 Å². The van der Waals surface area contributed by atoms with Crippen molar-refractivity contribution in [2.24, 2.45) is 0 Å². The van der Waals surface area contributed by atoms with Crippen LogP contribution in [0, 0.1) is 0 Å². The van der Waals surface area contributed by atoms with Crippen LogP contribution in [0.4, 0.5) is 18.9 Å². The van der Waals surface area contributed by atoms with Crippen LogP contribution >= 0.6 is 0 Å². The predicted octanol–water partition coefficient (Wildman–Crippen LogP) is 1.13. The zero-order valence-corrected chi connectivity index (χ0v) is 14.4. The lowest BCUT2D eigenvalue weighted by atomic mass is 9.73. The van der Waals surface area contributed by atoms with E-state index in [2.05, 4.69) is 5.32 Å². The van der Waals surface area contributed by atoms with Gasteiger partial charge in [0.05, 0.1) is 13.7 Å². The Morgan fingerprint density at radius 2 is 2.12 bits per heavy atom. The van der Waals surface area contributed by atoms with E-state index < -0.39 is 30.3 Å². The third kappa shape index (κ3) is 3.33. The maximum atomic E-state index is 12.3. The number of rotatable bonds is 4. The highest BCUT2D eigenvalue weighted by molar-refractivity contribution is 5.83. The number of carbonyl (C=O) groups is 1. The van der Waals surface area contributed by atoms with Crippen LogP contribution in [0.15, 0.2) is 18.2 Å². The largest absolute Gasteiger partial charge is 0.496 e. The van der Waals surface area contributed by atoms with E-state index in [1.165, 1.54) is 12.0 Å². The normalized spacial score (nSPS) is 21.6. The third-order valence-electron chi connectivity index (χ3n) is 5.12. The van der Waals surface area contributed by atoms with E-state index in [-0.39, 0.29) is 6.54 Å². The van der Waals surface area contributed by atoms with Gasteiger partial charge in [-0.05, 0) is 38.1 Å². The van der Waals surface area contributed by atoms with Crippen molar-refractivity contribution in [1.29, 1.82) is 0 Å². The summed E-state index contributed by atoms with van der Waals surface area (Å²) in [5.41, 5.74) is 0.832. The summed E-state index contributed by atoms with van der Waals surface area (Å²) in [5, 5.41) is 16.1. The number of halogens is 3. The van der Waals surface area contributed by atoms with E-state index in [1.54, 1.807) is 18.2 Å². The fourth-order valence-corrected chi connectivity index (χ4v) is 3.95. The van der Waals surface area contributed by atoms with Gasteiger partial charge in [-0.2, -0.15) is 13.2 Å². The molecule has 1 aromatic carbocycles. The molecule has 26 heavy (non-hydrogen) atoms. The summed E-state index contributed by atoms with van der Waals surface area (Å²) in [6, 6.07) is 5.29. The number of hydrogen-bond donors (Lipinski definition) is 3. The van der Waals surface area contributed by atoms with Gasteiger partial charge in [0.25, 0.3) is 0 Å². The third-order valence-corrected chi connectivity index (χ3v) is 5.12. The minimum Gasteiger partial charge on any atom is -0.496 e. The number of benzene rings is 1. The summed E-state index contributed by atoms with van der Waals surface area (Å²) in [6.07, 6.45) is -4.20. The summed E-state index contributed by atoms with van der Waals surface area (Å²) in [7, 11) is 1.54. The first-order chi connectivity index (χ1) is 12.3. The predicted molar refractivity (Wildman–Crippen MR) is 89.2 cm³/mol. The molecule has 0 saturated carbocycles. The van der Waals surface area contributed by atoms with E-state index in [0.717, 1.165) is 5.56 Å². The van der Waals surface area contributed by atoms with Gasteiger partial charge in [-0.3, -0.25) is 4.79 Å². The molecule has 0 aromatic heterocycles. The standard InChI is InChI=1S/C17H22F3N3O3/c1-26-12-4-2-3-11-14(12)16(5-7-21-8-6-16)15(25)23(11)9-13(24)22-10-17(18,19)20/h2-4,15,21,25H,5-10H2,1H3,(H,22,24). The number of ether oxygens (including phenoxy) is 1. The average Bonchev–Trinajstić information content (AvgIpc) is 2.83. The fourth-order valence-electron chi connectivity index (χ4n) is 3.95. The topological polar surface area (TPSA) is 73.8 Å². The number of methoxy groups -OCH3 is 1. The summed E-state index contributed by atoms with van der Waals surface area (Å²) < 4.78 is 42.5. The van der Waals surface area contributed by atoms with Gasteiger partial charge in [0, 0.05) is 16.7 Å². The second-order valence-corrected chi connectivity index (χ2v) is 6.65. The Kier molecular flexibility index (Phi) is 5.03. The Morgan fingerprint density at radius 1 is 1.42 bits per heavy atom. The number of carbonyl (C=O) groups excluding carboxylic acids is 1. The van der Waals surface area contributed by atoms with Gasteiger partial charge in [-0.1, -0.05) is 6.07 Å². The molecule has 1 fully saturated rings. The molecule has 1 aromatic rings. The summed E-state index contributed by atoms with van der Waals surface area (Å²) in [6.45, 7) is -0.353. The molecule has 2 aliphatic rings. The minimum absolute atomic E-state index is 0.355. The lowest BCUT2D eigenvalue weighted by molar-refractivity contribution is -0.137. The van der Waals surface area contributed by atoms with Gasteiger partial charge >= 0.3 is 6.18 Å². The molecule has 0 bridgehead atoms. The molecule has 1 spiro atoms. The van der Waals surface area contributed by atoms with Crippen molar-refractivity contribution in [2.75, 3.05) is 38.2 Å². The average molecular weight is 373 g/mol. The van der Waals surface area contributed by atoms with E-state index in [0.29, 0.717) is 37.4 Å². The number of fused-ring (bicyclic) bond motifs is 2. The van der Waals surface area contributed by atoms with Gasteiger partial charge in [0.2, 0.25) is 5.91 Å². The number of hydrogen-bond acceptors (Lipinski definition) is 5. The lowest BCUT2D eigenvalue weighted by Gasteiger charge is -2.39. The SMILES string of the molecule is COc1cccc2c1C1(CCNCC1)C(O)N2CC(=O)NCC(F)(F)F. The Balaban J connectivity index is 1.90. The van der Waals surface area contributed by atoms with E-state index in [1.807, 2.05) is 5.32 Å². The van der Waals surface area contributed by atoms with Crippen molar-refractivity contribution >= 4 is 11.6 Å². The Hall–Kier alpha value is -2.00. The zero-order chi connectivity index (χ0) is 18.9. The Morgan fingerprint density at radius 3 is 2.73 bits per heavy atom. The second kappa shape index (κ2) is 6.96. The molecule has 0 radical (unpaired) electrons. The molecule has 6 nitrogen and oxygen atoms in total. The first kappa shape index (κ1) is 18.8. The number of alkyl halides is 3. The molecule has 0 aliphatic carbocycles. The van der Waals surface area contributed by atoms with E-state index in [4.69, 9.17) is 4.74 Å². The summed E-state index contributed by atoms with van der Waals surface area (Å²) in [4.78, 5) is 13.5. The molecule has 1 amide bonds. The first-order valence-electron chi connectivity index (χ1n) is 8.45. The number of aliphatic hydroxyl groups is 1. The highest BCUT2D eigenvalue weighted by Gasteiger charge is 2.52. The van der Waals surface area contributed by atoms with Crippen molar-refractivity contribution in [3.8, 4) is 5.75 Å². The molecule has 1 atom stereocenters. The number of aliphatic hydroxyl groups excluding tert-OH is 1. The number of nitrogens with zero attached hydrogens (tertiary/aromatic N) is 1. The minimum atomic E-state index is -4.48. The van der Waals surface area contributed by atoms with E-state index >= 15 is 0 Å². The van der Waals surface area contributed by atoms with Crippen molar-refractivity contribution in [3.05, 3.63) is 23.8 Å². The quantitative estimate of drug-likeness (QED) is 0.738. The second-order valence-electron chi connectivity index (χ2n) is 6.65. The molecule has 2 aliphatic heterocycles. The molecular formula is C17H22F3N3O3. The maximum absolute atomic E-state index is 12.3. The molecule has 144 valence electrons. The Labute approximate surface area is 149 Å². The summed E-state index contributed by atoms with van der Waals surface area (Å²) in [5.74, 6) is -0.178. The number of piperidine rings is 1. The van der Waals surface area contributed by atoms with Crippen molar-refractivity contribution in [2.45, 2.75) is 30.7 Å².